The minimum atomic E-state index is 0.573. The Morgan fingerprint density at radius 1 is 0.720 bits per heavy atom. The summed E-state index contributed by atoms with van der Waals surface area (Å²) in [7, 11) is 0. The third-order valence-corrected chi connectivity index (χ3v) is 7.19. The lowest BCUT2D eigenvalue weighted by atomic mass is 10.0. The molecule has 0 N–H and O–H groups in total. The number of unbranched alkanes of at least 4 members (excludes halogenated alkanes) is 2. The molecule has 148 valence electrons. The standard InChI is InChI=1S/C22H42O2S/c1-19(11-3-5-13-21-15-7-9-17-23-21)25-20(2)12-4-6-14-22-16-8-10-18-24-22/h19-22H,3-18H2,1-2H3. The van der Waals surface area contributed by atoms with Gasteiger partial charge in [-0.1, -0.05) is 39.5 Å². The van der Waals surface area contributed by atoms with Crippen molar-refractivity contribution in [2.75, 3.05) is 13.2 Å². The van der Waals surface area contributed by atoms with Crippen LogP contribution < -0.4 is 0 Å². The van der Waals surface area contributed by atoms with Crippen LogP contribution in [0, 0.1) is 0 Å². The smallest absolute Gasteiger partial charge is 0.0575 e. The van der Waals surface area contributed by atoms with Crippen LogP contribution in [0.2, 0.25) is 0 Å². The summed E-state index contributed by atoms with van der Waals surface area (Å²) in [6.45, 7) is 6.85. The van der Waals surface area contributed by atoms with E-state index in [1.807, 2.05) is 0 Å². The van der Waals surface area contributed by atoms with Crippen LogP contribution >= 0.6 is 11.8 Å². The quantitative estimate of drug-likeness (QED) is 0.354. The molecule has 0 saturated carbocycles. The molecule has 2 aliphatic rings. The van der Waals surface area contributed by atoms with E-state index in [1.54, 1.807) is 0 Å². The van der Waals surface area contributed by atoms with Gasteiger partial charge in [0.05, 0.1) is 12.2 Å². The third-order valence-electron chi connectivity index (χ3n) is 5.79. The zero-order valence-electron chi connectivity index (χ0n) is 16.8. The van der Waals surface area contributed by atoms with Crippen molar-refractivity contribution in [2.24, 2.45) is 0 Å². The van der Waals surface area contributed by atoms with Crippen LogP contribution in [-0.2, 0) is 9.47 Å². The highest BCUT2D eigenvalue weighted by Gasteiger charge is 2.15. The Morgan fingerprint density at radius 2 is 1.20 bits per heavy atom. The second-order valence-electron chi connectivity index (χ2n) is 8.30. The molecule has 2 aliphatic heterocycles. The molecule has 2 saturated heterocycles. The van der Waals surface area contributed by atoms with Gasteiger partial charge in [0.15, 0.2) is 0 Å². The molecule has 2 rings (SSSR count). The van der Waals surface area contributed by atoms with Gasteiger partial charge in [-0.25, -0.2) is 0 Å². The fourth-order valence-electron chi connectivity index (χ4n) is 4.21. The minimum absolute atomic E-state index is 0.573. The summed E-state index contributed by atoms with van der Waals surface area (Å²) in [5.41, 5.74) is 0. The first-order chi connectivity index (χ1) is 12.2. The second kappa shape index (κ2) is 13.4. The maximum Gasteiger partial charge on any atom is 0.0575 e. The fraction of sp³-hybridized carbons (Fsp3) is 1.00. The molecule has 0 spiro atoms. The Kier molecular flexibility index (Phi) is 11.6. The van der Waals surface area contributed by atoms with Crippen LogP contribution in [0.1, 0.15) is 104 Å². The summed E-state index contributed by atoms with van der Waals surface area (Å²) in [6, 6.07) is 0. The fourth-order valence-corrected chi connectivity index (χ4v) is 5.61. The number of hydrogen-bond acceptors (Lipinski definition) is 3. The first kappa shape index (κ1) is 21.6. The largest absolute Gasteiger partial charge is 0.378 e. The molecule has 0 aliphatic carbocycles. The van der Waals surface area contributed by atoms with Gasteiger partial charge < -0.3 is 9.47 Å². The highest BCUT2D eigenvalue weighted by molar-refractivity contribution is 8.00. The van der Waals surface area contributed by atoms with Crippen LogP contribution in [0.5, 0.6) is 0 Å². The highest BCUT2D eigenvalue weighted by Crippen LogP contribution is 2.27. The molecule has 0 aromatic carbocycles. The topological polar surface area (TPSA) is 18.5 Å². The Morgan fingerprint density at radius 3 is 1.60 bits per heavy atom. The van der Waals surface area contributed by atoms with E-state index in [9.17, 15) is 0 Å². The SMILES string of the molecule is CC(CCCCC1CCCCO1)SC(C)CCCCC1CCCCO1. The maximum atomic E-state index is 5.83. The number of thioether (sulfide) groups is 1. The highest BCUT2D eigenvalue weighted by atomic mass is 32.2. The van der Waals surface area contributed by atoms with Gasteiger partial charge in [-0.05, 0) is 64.2 Å². The lowest BCUT2D eigenvalue weighted by Crippen LogP contribution is -2.18. The summed E-state index contributed by atoms with van der Waals surface area (Å²) in [6.07, 6.45) is 19.8. The van der Waals surface area contributed by atoms with Gasteiger partial charge in [-0.15, -0.1) is 0 Å². The molecule has 4 atom stereocenters. The van der Waals surface area contributed by atoms with E-state index in [-0.39, 0.29) is 0 Å². The number of ether oxygens (including phenoxy) is 2. The van der Waals surface area contributed by atoms with Crippen LogP contribution in [0.4, 0.5) is 0 Å². The van der Waals surface area contributed by atoms with Crippen molar-refractivity contribution in [1.29, 1.82) is 0 Å². The minimum Gasteiger partial charge on any atom is -0.378 e. The van der Waals surface area contributed by atoms with Gasteiger partial charge in [-0.2, -0.15) is 11.8 Å². The molecule has 4 unspecified atom stereocenters. The molecule has 0 radical (unpaired) electrons. The zero-order valence-corrected chi connectivity index (χ0v) is 17.7. The molecule has 0 amide bonds. The van der Waals surface area contributed by atoms with E-state index in [2.05, 4.69) is 25.6 Å². The first-order valence-corrected chi connectivity index (χ1v) is 12.1. The van der Waals surface area contributed by atoms with Gasteiger partial charge in [0.2, 0.25) is 0 Å². The van der Waals surface area contributed by atoms with Crippen molar-refractivity contribution in [3.63, 3.8) is 0 Å². The van der Waals surface area contributed by atoms with E-state index in [4.69, 9.17) is 9.47 Å². The van der Waals surface area contributed by atoms with Gasteiger partial charge >= 0.3 is 0 Å². The van der Waals surface area contributed by atoms with Gasteiger partial charge in [-0.3, -0.25) is 0 Å². The molecule has 2 heterocycles. The van der Waals surface area contributed by atoms with E-state index < -0.39 is 0 Å². The molecular weight excluding hydrogens is 328 g/mol. The van der Waals surface area contributed by atoms with Crippen LogP contribution in [0.15, 0.2) is 0 Å². The molecule has 0 aromatic heterocycles. The number of hydrogen-bond donors (Lipinski definition) is 0. The average Bonchev–Trinajstić information content (AvgIpc) is 2.64. The summed E-state index contributed by atoms with van der Waals surface area (Å²) in [5.74, 6) is 0. The van der Waals surface area contributed by atoms with Crippen molar-refractivity contribution in [3.8, 4) is 0 Å². The Balaban J connectivity index is 1.40. The van der Waals surface area contributed by atoms with Gasteiger partial charge in [0.25, 0.3) is 0 Å². The van der Waals surface area contributed by atoms with Gasteiger partial charge in [0, 0.05) is 23.7 Å². The van der Waals surface area contributed by atoms with Crippen molar-refractivity contribution in [2.45, 2.75) is 126 Å². The lowest BCUT2D eigenvalue weighted by Gasteiger charge is -2.23. The van der Waals surface area contributed by atoms with E-state index in [0.29, 0.717) is 12.2 Å². The van der Waals surface area contributed by atoms with Crippen molar-refractivity contribution >= 4 is 11.8 Å². The molecule has 3 heteroatoms. The van der Waals surface area contributed by atoms with Crippen LogP contribution in [0.3, 0.4) is 0 Å². The van der Waals surface area contributed by atoms with E-state index in [0.717, 1.165) is 23.7 Å². The first-order valence-electron chi connectivity index (χ1n) is 11.1. The summed E-state index contributed by atoms with van der Waals surface area (Å²) >= 11 is 2.21. The molecule has 0 aromatic rings. The Bertz CT molecular complexity index is 281. The predicted molar refractivity (Wildman–Crippen MR) is 111 cm³/mol. The molecule has 0 bridgehead atoms. The summed E-state index contributed by atoms with van der Waals surface area (Å²) in [4.78, 5) is 0. The maximum absolute atomic E-state index is 5.83. The summed E-state index contributed by atoms with van der Waals surface area (Å²) in [5, 5.41) is 1.62. The lowest BCUT2D eigenvalue weighted by molar-refractivity contribution is 0.00969. The average molecular weight is 371 g/mol. The Labute approximate surface area is 161 Å². The molecule has 2 nitrogen and oxygen atoms in total. The normalized spacial score (nSPS) is 27.1. The van der Waals surface area contributed by atoms with Crippen molar-refractivity contribution in [1.82, 2.24) is 0 Å². The summed E-state index contributed by atoms with van der Waals surface area (Å²) < 4.78 is 11.7. The second-order valence-corrected chi connectivity index (χ2v) is 10.2. The van der Waals surface area contributed by atoms with Crippen LogP contribution in [0.25, 0.3) is 0 Å². The third kappa shape index (κ3) is 10.2. The van der Waals surface area contributed by atoms with E-state index in [1.165, 1.54) is 89.9 Å². The van der Waals surface area contributed by atoms with Crippen LogP contribution in [-0.4, -0.2) is 35.9 Å². The Hall–Kier alpha value is 0.270. The van der Waals surface area contributed by atoms with Crippen molar-refractivity contribution in [3.05, 3.63) is 0 Å². The van der Waals surface area contributed by atoms with E-state index >= 15 is 0 Å². The molecule has 2 fully saturated rings. The van der Waals surface area contributed by atoms with Crippen molar-refractivity contribution < 1.29 is 9.47 Å². The predicted octanol–water partition coefficient (Wildman–Crippen LogP) is 6.76. The monoisotopic (exact) mass is 370 g/mol. The van der Waals surface area contributed by atoms with Gasteiger partial charge in [0.1, 0.15) is 0 Å². The number of rotatable bonds is 12. The molecular formula is C22H42O2S. The zero-order chi connectivity index (χ0) is 17.7. The molecule has 25 heavy (non-hydrogen) atoms.